The summed E-state index contributed by atoms with van der Waals surface area (Å²) in [6.45, 7) is 4.86. The minimum Gasteiger partial charge on any atom is -0.344 e. The van der Waals surface area contributed by atoms with Crippen LogP contribution in [0, 0.1) is 13.8 Å². The van der Waals surface area contributed by atoms with Crippen LogP contribution >= 0.6 is 11.3 Å². The maximum Gasteiger partial charge on any atom is 0.271 e. The SMILES string of the molecule is Cc1csc([C@@H]2CCCCN2C(=O)c2ccc(C)n2C)n1. The fourth-order valence-corrected chi connectivity index (χ4v) is 3.87. The lowest BCUT2D eigenvalue weighted by Crippen LogP contribution is -2.39. The monoisotopic (exact) mass is 303 g/mol. The zero-order valence-corrected chi connectivity index (χ0v) is 13.6. The molecule has 0 N–H and O–H groups in total. The van der Waals surface area contributed by atoms with E-state index < -0.39 is 0 Å². The number of piperidine rings is 1. The van der Waals surface area contributed by atoms with E-state index in [1.807, 2.05) is 42.5 Å². The Bertz CT molecular complexity index is 658. The zero-order chi connectivity index (χ0) is 15.0. The minimum absolute atomic E-state index is 0.128. The Morgan fingerprint density at radius 1 is 1.33 bits per heavy atom. The van der Waals surface area contributed by atoms with Gasteiger partial charge in [-0.1, -0.05) is 0 Å². The van der Waals surface area contributed by atoms with Crippen molar-refractivity contribution in [2.24, 2.45) is 7.05 Å². The van der Waals surface area contributed by atoms with Crippen LogP contribution < -0.4 is 0 Å². The third-order valence-corrected chi connectivity index (χ3v) is 5.34. The van der Waals surface area contributed by atoms with Crippen molar-refractivity contribution >= 4 is 17.2 Å². The van der Waals surface area contributed by atoms with Crippen LogP contribution in [0.5, 0.6) is 0 Å². The molecule has 2 aromatic heterocycles. The molecule has 21 heavy (non-hydrogen) atoms. The molecule has 1 amide bonds. The quantitative estimate of drug-likeness (QED) is 0.852. The van der Waals surface area contributed by atoms with Gasteiger partial charge in [0.1, 0.15) is 10.7 Å². The first-order valence-electron chi connectivity index (χ1n) is 7.43. The minimum atomic E-state index is 0.128. The van der Waals surface area contributed by atoms with Gasteiger partial charge in [0.15, 0.2) is 0 Å². The van der Waals surface area contributed by atoms with Crippen LogP contribution in [-0.2, 0) is 7.05 Å². The van der Waals surface area contributed by atoms with E-state index in [0.717, 1.165) is 41.5 Å². The Hall–Kier alpha value is -1.62. The second kappa shape index (κ2) is 5.64. The lowest BCUT2D eigenvalue weighted by Gasteiger charge is -2.34. The summed E-state index contributed by atoms with van der Waals surface area (Å²) >= 11 is 1.67. The Kier molecular flexibility index (Phi) is 3.85. The fourth-order valence-electron chi connectivity index (χ4n) is 2.93. The molecular weight excluding hydrogens is 282 g/mol. The van der Waals surface area contributed by atoms with Crippen molar-refractivity contribution in [2.75, 3.05) is 6.54 Å². The topological polar surface area (TPSA) is 38.1 Å². The number of likely N-dealkylation sites (tertiary alicyclic amines) is 1. The van der Waals surface area contributed by atoms with Crippen molar-refractivity contribution in [1.82, 2.24) is 14.5 Å². The van der Waals surface area contributed by atoms with Crippen molar-refractivity contribution in [2.45, 2.75) is 39.2 Å². The van der Waals surface area contributed by atoms with Crippen LogP contribution in [0.1, 0.15) is 52.2 Å². The number of rotatable bonds is 2. The summed E-state index contributed by atoms with van der Waals surface area (Å²) in [5, 5.41) is 3.14. The molecule has 4 nitrogen and oxygen atoms in total. The van der Waals surface area contributed by atoms with Crippen molar-refractivity contribution in [1.29, 1.82) is 0 Å². The molecule has 0 aliphatic carbocycles. The lowest BCUT2D eigenvalue weighted by molar-refractivity contribution is 0.0601. The zero-order valence-electron chi connectivity index (χ0n) is 12.8. The summed E-state index contributed by atoms with van der Waals surface area (Å²) < 4.78 is 1.97. The number of hydrogen-bond acceptors (Lipinski definition) is 3. The maximum absolute atomic E-state index is 12.9. The molecule has 1 saturated heterocycles. The highest BCUT2D eigenvalue weighted by molar-refractivity contribution is 7.09. The van der Waals surface area contributed by atoms with Gasteiger partial charge in [0, 0.05) is 30.4 Å². The van der Waals surface area contributed by atoms with Gasteiger partial charge < -0.3 is 9.47 Å². The van der Waals surface area contributed by atoms with Crippen molar-refractivity contribution in [3.63, 3.8) is 0 Å². The van der Waals surface area contributed by atoms with Gasteiger partial charge in [-0.25, -0.2) is 4.98 Å². The predicted octanol–water partition coefficient (Wildman–Crippen LogP) is 3.47. The summed E-state index contributed by atoms with van der Waals surface area (Å²) in [6, 6.07) is 4.07. The first-order chi connectivity index (χ1) is 10.1. The number of thiazole rings is 1. The lowest BCUT2D eigenvalue weighted by atomic mass is 10.0. The molecule has 2 aromatic rings. The number of aromatic nitrogens is 2. The summed E-state index contributed by atoms with van der Waals surface area (Å²) in [7, 11) is 1.95. The second-order valence-corrected chi connectivity index (χ2v) is 6.65. The number of aryl methyl sites for hydroxylation is 2. The maximum atomic E-state index is 12.9. The Morgan fingerprint density at radius 2 is 2.14 bits per heavy atom. The van der Waals surface area contributed by atoms with Crippen molar-refractivity contribution in [3.8, 4) is 0 Å². The van der Waals surface area contributed by atoms with E-state index in [2.05, 4.69) is 10.4 Å². The van der Waals surface area contributed by atoms with E-state index in [0.29, 0.717) is 0 Å². The van der Waals surface area contributed by atoms with Crippen LogP contribution in [0.4, 0.5) is 0 Å². The van der Waals surface area contributed by atoms with Gasteiger partial charge in [0.25, 0.3) is 5.91 Å². The summed E-state index contributed by atoms with van der Waals surface area (Å²) in [6.07, 6.45) is 3.26. The molecule has 0 unspecified atom stereocenters. The first-order valence-corrected chi connectivity index (χ1v) is 8.31. The summed E-state index contributed by atoms with van der Waals surface area (Å²) in [5.74, 6) is 0.128. The first kappa shape index (κ1) is 14.3. The van der Waals surface area contributed by atoms with Crippen molar-refractivity contribution in [3.05, 3.63) is 39.6 Å². The predicted molar refractivity (Wildman–Crippen MR) is 84.6 cm³/mol. The molecule has 0 spiro atoms. The normalized spacial score (nSPS) is 19.0. The number of nitrogens with zero attached hydrogens (tertiary/aromatic N) is 3. The van der Waals surface area contributed by atoms with Gasteiger partial charge >= 0.3 is 0 Å². The Balaban J connectivity index is 1.91. The Labute approximate surface area is 129 Å². The van der Waals surface area contributed by atoms with Crippen LogP contribution in [-0.4, -0.2) is 26.9 Å². The molecule has 1 aliphatic rings. The van der Waals surface area contributed by atoms with E-state index in [1.165, 1.54) is 6.42 Å². The molecule has 0 radical (unpaired) electrons. The highest BCUT2D eigenvalue weighted by Crippen LogP contribution is 2.33. The van der Waals surface area contributed by atoms with Gasteiger partial charge in [0.05, 0.1) is 6.04 Å². The smallest absolute Gasteiger partial charge is 0.271 e. The van der Waals surface area contributed by atoms with E-state index in [4.69, 9.17) is 0 Å². The molecule has 112 valence electrons. The Morgan fingerprint density at radius 3 is 2.76 bits per heavy atom. The second-order valence-electron chi connectivity index (χ2n) is 5.76. The molecule has 3 rings (SSSR count). The third kappa shape index (κ3) is 2.62. The average Bonchev–Trinajstić information content (AvgIpc) is 3.06. The highest BCUT2D eigenvalue weighted by atomic mass is 32.1. The molecule has 0 saturated carbocycles. The van der Waals surface area contributed by atoms with Crippen LogP contribution in [0.2, 0.25) is 0 Å². The van der Waals surface area contributed by atoms with Crippen LogP contribution in [0.3, 0.4) is 0 Å². The highest BCUT2D eigenvalue weighted by Gasteiger charge is 2.31. The fraction of sp³-hybridized carbons (Fsp3) is 0.500. The summed E-state index contributed by atoms with van der Waals surface area (Å²) in [4.78, 5) is 19.5. The number of hydrogen-bond donors (Lipinski definition) is 0. The number of carbonyl (C=O) groups is 1. The molecule has 1 fully saturated rings. The van der Waals surface area contributed by atoms with Gasteiger partial charge in [-0.3, -0.25) is 4.79 Å². The van der Waals surface area contributed by atoms with Crippen LogP contribution in [0.25, 0.3) is 0 Å². The van der Waals surface area contributed by atoms with Crippen molar-refractivity contribution < 1.29 is 4.79 Å². The molecule has 0 aromatic carbocycles. The van der Waals surface area contributed by atoms with E-state index >= 15 is 0 Å². The molecule has 1 atom stereocenters. The average molecular weight is 303 g/mol. The largest absolute Gasteiger partial charge is 0.344 e. The van der Waals surface area contributed by atoms with Gasteiger partial charge in [-0.05, 0) is 45.2 Å². The number of carbonyl (C=O) groups excluding carboxylic acids is 1. The van der Waals surface area contributed by atoms with Gasteiger partial charge in [0.2, 0.25) is 0 Å². The van der Waals surface area contributed by atoms with Crippen LogP contribution in [0.15, 0.2) is 17.5 Å². The molecule has 3 heterocycles. The molecule has 1 aliphatic heterocycles. The van der Waals surface area contributed by atoms with E-state index in [-0.39, 0.29) is 11.9 Å². The number of amides is 1. The third-order valence-electron chi connectivity index (χ3n) is 4.28. The van der Waals surface area contributed by atoms with Gasteiger partial charge in [-0.2, -0.15) is 0 Å². The summed E-state index contributed by atoms with van der Waals surface area (Å²) in [5.41, 5.74) is 2.92. The molecule has 5 heteroatoms. The molecular formula is C16H21N3OS. The van der Waals surface area contributed by atoms with E-state index in [1.54, 1.807) is 11.3 Å². The van der Waals surface area contributed by atoms with Gasteiger partial charge in [-0.15, -0.1) is 11.3 Å². The standard InChI is InChI=1S/C16H21N3OS/c1-11-10-21-15(17-11)13-6-4-5-9-19(13)16(20)14-8-7-12(2)18(14)3/h7-8,10,13H,4-6,9H2,1-3H3/t13-/m0/s1. The van der Waals surface area contributed by atoms with E-state index in [9.17, 15) is 4.79 Å². The molecule has 0 bridgehead atoms.